The van der Waals surface area contributed by atoms with E-state index in [1.54, 1.807) is 19.2 Å². The number of ether oxygens (including phenoxy) is 1. The number of hydrogen-bond donors (Lipinski definition) is 0. The molecule has 0 spiro atoms. The Labute approximate surface area is 140 Å². The Bertz CT molecular complexity index is 865. The van der Waals surface area contributed by atoms with Gasteiger partial charge in [0.1, 0.15) is 17.4 Å². The SMILES string of the molecule is COC(c1ccc(C(C)C)cc1)c1cc2cc([N+](=O)[O-])ccc2o1. The summed E-state index contributed by atoms with van der Waals surface area (Å²) in [5, 5.41) is 11.6. The van der Waals surface area contributed by atoms with Crippen LogP contribution in [-0.4, -0.2) is 12.0 Å². The predicted octanol–water partition coefficient (Wildman–Crippen LogP) is 5.20. The van der Waals surface area contributed by atoms with E-state index in [2.05, 4.69) is 26.0 Å². The smallest absolute Gasteiger partial charge is 0.270 e. The highest BCUT2D eigenvalue weighted by Crippen LogP contribution is 2.32. The van der Waals surface area contributed by atoms with Gasteiger partial charge < -0.3 is 9.15 Å². The van der Waals surface area contributed by atoms with Crippen molar-refractivity contribution in [3.8, 4) is 0 Å². The second-order valence-electron chi connectivity index (χ2n) is 6.07. The molecule has 0 aliphatic rings. The Kier molecular flexibility index (Phi) is 4.36. The van der Waals surface area contributed by atoms with Gasteiger partial charge in [0.15, 0.2) is 0 Å². The molecule has 0 aliphatic carbocycles. The van der Waals surface area contributed by atoms with Crippen LogP contribution in [0.3, 0.4) is 0 Å². The van der Waals surface area contributed by atoms with E-state index in [0.717, 1.165) is 5.56 Å². The highest BCUT2D eigenvalue weighted by Gasteiger charge is 2.19. The number of nitro benzene ring substituents is 1. The summed E-state index contributed by atoms with van der Waals surface area (Å²) in [6.07, 6.45) is -0.349. The third-order valence-electron chi connectivity index (χ3n) is 4.13. The molecule has 5 heteroatoms. The molecule has 5 nitrogen and oxygen atoms in total. The van der Waals surface area contributed by atoms with Crippen LogP contribution in [0.15, 0.2) is 52.9 Å². The molecule has 1 heterocycles. The molecule has 1 unspecified atom stereocenters. The molecular weight excluding hydrogens is 306 g/mol. The summed E-state index contributed by atoms with van der Waals surface area (Å²) in [5.74, 6) is 1.09. The van der Waals surface area contributed by atoms with Crippen LogP contribution >= 0.6 is 0 Å². The molecule has 1 aromatic heterocycles. The van der Waals surface area contributed by atoms with E-state index in [1.807, 2.05) is 12.1 Å². The molecule has 0 N–H and O–H groups in total. The molecule has 0 saturated carbocycles. The topological polar surface area (TPSA) is 65.5 Å². The van der Waals surface area contributed by atoms with E-state index in [4.69, 9.17) is 9.15 Å². The van der Waals surface area contributed by atoms with Crippen LogP contribution in [0, 0.1) is 10.1 Å². The number of rotatable bonds is 5. The zero-order valence-corrected chi connectivity index (χ0v) is 13.9. The van der Waals surface area contributed by atoms with Gasteiger partial charge in [-0.2, -0.15) is 0 Å². The summed E-state index contributed by atoms with van der Waals surface area (Å²) < 4.78 is 11.4. The van der Waals surface area contributed by atoms with Gasteiger partial charge in [-0.15, -0.1) is 0 Å². The zero-order valence-electron chi connectivity index (χ0n) is 13.9. The third kappa shape index (κ3) is 3.03. The van der Waals surface area contributed by atoms with Crippen LogP contribution in [0.25, 0.3) is 11.0 Å². The van der Waals surface area contributed by atoms with Crippen LogP contribution in [0.1, 0.15) is 42.8 Å². The highest BCUT2D eigenvalue weighted by atomic mass is 16.6. The number of furan rings is 1. The molecule has 1 atom stereocenters. The van der Waals surface area contributed by atoms with Crippen molar-refractivity contribution in [1.82, 2.24) is 0 Å². The van der Waals surface area contributed by atoms with Crippen molar-refractivity contribution < 1.29 is 14.1 Å². The Hall–Kier alpha value is -2.66. The fraction of sp³-hybridized carbons (Fsp3) is 0.263. The fourth-order valence-electron chi connectivity index (χ4n) is 2.77. The third-order valence-corrected chi connectivity index (χ3v) is 4.13. The van der Waals surface area contributed by atoms with Crippen molar-refractivity contribution in [2.24, 2.45) is 0 Å². The lowest BCUT2D eigenvalue weighted by Gasteiger charge is -2.14. The first-order chi connectivity index (χ1) is 11.5. The molecule has 3 rings (SSSR count). The molecule has 0 radical (unpaired) electrons. The predicted molar refractivity (Wildman–Crippen MR) is 92.3 cm³/mol. The van der Waals surface area contributed by atoms with Crippen molar-refractivity contribution in [2.45, 2.75) is 25.9 Å². The molecule has 0 amide bonds. The minimum Gasteiger partial charge on any atom is -0.458 e. The fourth-order valence-corrected chi connectivity index (χ4v) is 2.77. The van der Waals surface area contributed by atoms with Gasteiger partial charge in [-0.25, -0.2) is 0 Å². The number of nitro groups is 1. The summed E-state index contributed by atoms with van der Waals surface area (Å²) in [4.78, 5) is 10.5. The Morgan fingerprint density at radius 1 is 1.04 bits per heavy atom. The average Bonchev–Trinajstić information content (AvgIpc) is 2.98. The highest BCUT2D eigenvalue weighted by molar-refractivity contribution is 5.80. The van der Waals surface area contributed by atoms with Crippen LogP contribution in [0.5, 0.6) is 0 Å². The molecule has 2 aromatic carbocycles. The average molecular weight is 325 g/mol. The number of benzene rings is 2. The number of non-ortho nitro benzene ring substituents is 1. The van der Waals surface area contributed by atoms with Crippen molar-refractivity contribution in [2.75, 3.05) is 7.11 Å². The second-order valence-corrected chi connectivity index (χ2v) is 6.07. The number of nitrogens with zero attached hydrogens (tertiary/aromatic N) is 1. The number of hydrogen-bond acceptors (Lipinski definition) is 4. The molecular formula is C19H19NO4. The van der Waals surface area contributed by atoms with E-state index >= 15 is 0 Å². The quantitative estimate of drug-likeness (QED) is 0.477. The zero-order chi connectivity index (χ0) is 17.3. The summed E-state index contributed by atoms with van der Waals surface area (Å²) >= 11 is 0. The van der Waals surface area contributed by atoms with E-state index in [9.17, 15) is 10.1 Å². The summed E-state index contributed by atoms with van der Waals surface area (Å²) in [5.41, 5.74) is 2.89. The van der Waals surface area contributed by atoms with Crippen molar-refractivity contribution >= 4 is 16.7 Å². The van der Waals surface area contributed by atoms with Gasteiger partial charge in [-0.05, 0) is 29.2 Å². The minimum absolute atomic E-state index is 0.0464. The lowest BCUT2D eigenvalue weighted by atomic mass is 9.99. The first-order valence-electron chi connectivity index (χ1n) is 7.80. The minimum atomic E-state index is -0.412. The molecule has 124 valence electrons. The first kappa shape index (κ1) is 16.2. The standard InChI is InChI=1S/C19H19NO4/c1-12(2)13-4-6-14(7-5-13)19(23-3)18-11-15-10-16(20(21)22)8-9-17(15)24-18/h4-12,19H,1-3H3. The normalized spacial score (nSPS) is 12.7. The Morgan fingerprint density at radius 2 is 1.71 bits per heavy atom. The summed E-state index contributed by atoms with van der Waals surface area (Å²) in [6.45, 7) is 4.30. The monoisotopic (exact) mass is 325 g/mol. The first-order valence-corrected chi connectivity index (χ1v) is 7.80. The van der Waals surface area contributed by atoms with Crippen LogP contribution in [0.4, 0.5) is 5.69 Å². The van der Waals surface area contributed by atoms with E-state index < -0.39 is 4.92 Å². The summed E-state index contributed by atoms with van der Waals surface area (Å²) in [6, 6.07) is 14.6. The van der Waals surface area contributed by atoms with Gasteiger partial charge in [0.25, 0.3) is 5.69 Å². The molecule has 0 aliphatic heterocycles. The van der Waals surface area contributed by atoms with Gasteiger partial charge >= 0.3 is 0 Å². The van der Waals surface area contributed by atoms with Gasteiger partial charge in [-0.1, -0.05) is 38.1 Å². The van der Waals surface area contributed by atoms with Crippen molar-refractivity contribution in [3.63, 3.8) is 0 Å². The van der Waals surface area contributed by atoms with Crippen LogP contribution in [-0.2, 0) is 4.74 Å². The molecule has 0 fully saturated rings. The lowest BCUT2D eigenvalue weighted by molar-refractivity contribution is -0.384. The Balaban J connectivity index is 1.98. The maximum absolute atomic E-state index is 10.9. The lowest BCUT2D eigenvalue weighted by Crippen LogP contribution is -2.02. The number of fused-ring (bicyclic) bond motifs is 1. The molecule has 3 aromatic rings. The second kappa shape index (κ2) is 6.45. The molecule has 24 heavy (non-hydrogen) atoms. The van der Waals surface area contributed by atoms with Gasteiger partial charge in [0, 0.05) is 24.6 Å². The molecule has 0 bridgehead atoms. The van der Waals surface area contributed by atoms with E-state index in [0.29, 0.717) is 22.6 Å². The van der Waals surface area contributed by atoms with Crippen LogP contribution in [0.2, 0.25) is 0 Å². The summed E-state index contributed by atoms with van der Waals surface area (Å²) in [7, 11) is 1.62. The van der Waals surface area contributed by atoms with E-state index in [1.165, 1.54) is 17.7 Å². The van der Waals surface area contributed by atoms with Crippen molar-refractivity contribution in [3.05, 3.63) is 75.5 Å². The van der Waals surface area contributed by atoms with Gasteiger partial charge in [0.2, 0.25) is 0 Å². The van der Waals surface area contributed by atoms with Gasteiger partial charge in [0.05, 0.1) is 4.92 Å². The van der Waals surface area contributed by atoms with Crippen LogP contribution < -0.4 is 0 Å². The maximum Gasteiger partial charge on any atom is 0.270 e. The largest absolute Gasteiger partial charge is 0.458 e. The maximum atomic E-state index is 10.9. The molecule has 0 saturated heterocycles. The van der Waals surface area contributed by atoms with Gasteiger partial charge in [-0.3, -0.25) is 10.1 Å². The van der Waals surface area contributed by atoms with E-state index in [-0.39, 0.29) is 11.8 Å². The van der Waals surface area contributed by atoms with Crippen molar-refractivity contribution in [1.29, 1.82) is 0 Å². The Morgan fingerprint density at radius 3 is 2.29 bits per heavy atom. The number of methoxy groups -OCH3 is 1.